The Kier molecular flexibility index (Phi) is 4.94. The van der Waals surface area contributed by atoms with Crippen molar-refractivity contribution in [2.75, 3.05) is 5.43 Å². The van der Waals surface area contributed by atoms with Gasteiger partial charge in [0.15, 0.2) is 0 Å². The zero-order chi connectivity index (χ0) is 15.2. The third-order valence-corrected chi connectivity index (χ3v) is 2.80. The van der Waals surface area contributed by atoms with Crippen LogP contribution in [0.3, 0.4) is 0 Å². The first kappa shape index (κ1) is 15.1. The summed E-state index contributed by atoms with van der Waals surface area (Å²) in [5.41, 5.74) is 3.40. The quantitative estimate of drug-likeness (QED) is 0.657. The van der Waals surface area contributed by atoms with Crippen molar-refractivity contribution in [1.29, 1.82) is 0 Å². The highest BCUT2D eigenvalue weighted by atomic mass is 35.5. The number of aromatic amines is 1. The molecule has 1 aromatic heterocycles. The Morgan fingerprint density at radius 2 is 2.29 bits per heavy atom. The fraction of sp³-hybridized carbons (Fsp3) is 0.214. The molecule has 0 bridgehead atoms. The average molecular weight is 307 g/mol. The van der Waals surface area contributed by atoms with E-state index in [1.54, 1.807) is 6.21 Å². The molecule has 0 saturated heterocycles. The Morgan fingerprint density at radius 1 is 1.48 bits per heavy atom. The summed E-state index contributed by atoms with van der Waals surface area (Å²) < 4.78 is 5.60. The smallest absolute Gasteiger partial charge is 0.285 e. The highest BCUT2D eigenvalue weighted by molar-refractivity contribution is 6.32. The summed E-state index contributed by atoms with van der Waals surface area (Å²) >= 11 is 5.82. The number of ether oxygens (including phenoxy) is 1. The molecule has 1 aromatic carbocycles. The summed E-state index contributed by atoms with van der Waals surface area (Å²) in [6.45, 7) is 3.93. The maximum absolute atomic E-state index is 11.3. The molecule has 7 heteroatoms. The van der Waals surface area contributed by atoms with Crippen LogP contribution in [0, 0.1) is 0 Å². The zero-order valence-electron chi connectivity index (χ0n) is 11.6. The van der Waals surface area contributed by atoms with Gasteiger partial charge in [-0.2, -0.15) is 10.2 Å². The van der Waals surface area contributed by atoms with Crippen molar-refractivity contribution in [3.05, 3.63) is 51.4 Å². The highest BCUT2D eigenvalue weighted by Crippen LogP contribution is 2.15. The van der Waals surface area contributed by atoms with E-state index in [0.717, 1.165) is 11.3 Å². The first-order valence-electron chi connectivity index (χ1n) is 6.35. The number of H-pyrrole nitrogens is 1. The zero-order valence-corrected chi connectivity index (χ0v) is 12.4. The maximum Gasteiger partial charge on any atom is 0.285 e. The fourth-order valence-electron chi connectivity index (χ4n) is 1.58. The maximum atomic E-state index is 11.3. The van der Waals surface area contributed by atoms with E-state index in [4.69, 9.17) is 16.3 Å². The van der Waals surface area contributed by atoms with Crippen molar-refractivity contribution in [3.8, 4) is 5.75 Å². The van der Waals surface area contributed by atoms with Crippen molar-refractivity contribution >= 4 is 23.5 Å². The summed E-state index contributed by atoms with van der Waals surface area (Å²) in [6.07, 6.45) is 3.10. The molecule has 0 aliphatic carbocycles. The minimum absolute atomic E-state index is 0.0130. The van der Waals surface area contributed by atoms with E-state index >= 15 is 0 Å². The Labute approximate surface area is 126 Å². The second-order valence-electron chi connectivity index (χ2n) is 4.54. The molecule has 0 aliphatic heterocycles. The molecule has 1 heterocycles. The van der Waals surface area contributed by atoms with Gasteiger partial charge in [-0.1, -0.05) is 23.7 Å². The molecule has 0 fully saturated rings. The largest absolute Gasteiger partial charge is 0.491 e. The number of aromatic nitrogens is 2. The van der Waals surface area contributed by atoms with Crippen LogP contribution >= 0.6 is 11.6 Å². The van der Waals surface area contributed by atoms with E-state index in [-0.39, 0.29) is 11.1 Å². The third kappa shape index (κ3) is 4.32. The molecule has 0 saturated carbocycles. The molecule has 2 rings (SSSR count). The number of rotatable bonds is 5. The minimum Gasteiger partial charge on any atom is -0.491 e. The Hall–Kier alpha value is -2.34. The number of hydrogen-bond acceptors (Lipinski definition) is 5. The van der Waals surface area contributed by atoms with Crippen LogP contribution in [0.5, 0.6) is 5.75 Å². The predicted octanol–water partition coefficient (Wildman–Crippen LogP) is 2.66. The molecule has 110 valence electrons. The van der Waals surface area contributed by atoms with E-state index < -0.39 is 5.56 Å². The standard InChI is InChI=1S/C14H15ClN4O2/c1-9(2)21-11-5-3-4-10(6-11)7-16-18-12-8-17-19-14(20)13(12)15/h3-9H,1-2H3,(H2,18,19,20)/b16-7-. The molecule has 6 nitrogen and oxygen atoms in total. The van der Waals surface area contributed by atoms with Crippen LogP contribution in [-0.4, -0.2) is 22.5 Å². The summed E-state index contributed by atoms with van der Waals surface area (Å²) in [5, 5.41) is 9.91. The predicted molar refractivity (Wildman–Crippen MR) is 83.3 cm³/mol. The second kappa shape index (κ2) is 6.90. The van der Waals surface area contributed by atoms with Crippen molar-refractivity contribution < 1.29 is 4.74 Å². The van der Waals surface area contributed by atoms with Gasteiger partial charge in [-0.05, 0) is 31.5 Å². The Morgan fingerprint density at radius 3 is 3.05 bits per heavy atom. The lowest BCUT2D eigenvalue weighted by Crippen LogP contribution is -2.10. The van der Waals surface area contributed by atoms with E-state index in [2.05, 4.69) is 20.7 Å². The molecule has 21 heavy (non-hydrogen) atoms. The number of anilines is 1. The van der Waals surface area contributed by atoms with Crippen molar-refractivity contribution in [2.45, 2.75) is 20.0 Å². The van der Waals surface area contributed by atoms with Gasteiger partial charge in [-0.25, -0.2) is 5.10 Å². The fourth-order valence-corrected chi connectivity index (χ4v) is 1.71. The lowest BCUT2D eigenvalue weighted by Gasteiger charge is -2.09. The van der Waals surface area contributed by atoms with Gasteiger partial charge in [-0.15, -0.1) is 0 Å². The van der Waals surface area contributed by atoms with E-state index in [1.165, 1.54) is 6.20 Å². The second-order valence-corrected chi connectivity index (χ2v) is 4.91. The van der Waals surface area contributed by atoms with Gasteiger partial charge in [0.25, 0.3) is 5.56 Å². The molecule has 0 aliphatic rings. The van der Waals surface area contributed by atoms with Gasteiger partial charge < -0.3 is 4.74 Å². The van der Waals surface area contributed by atoms with Gasteiger partial charge in [0.05, 0.1) is 18.5 Å². The number of hydrazone groups is 1. The Balaban J connectivity index is 2.07. The summed E-state index contributed by atoms with van der Waals surface area (Å²) in [7, 11) is 0. The van der Waals surface area contributed by atoms with Crippen LogP contribution < -0.4 is 15.7 Å². The lowest BCUT2D eigenvalue weighted by atomic mass is 10.2. The average Bonchev–Trinajstić information content (AvgIpc) is 2.43. The molecule has 2 aromatic rings. The molecular weight excluding hydrogens is 292 g/mol. The lowest BCUT2D eigenvalue weighted by molar-refractivity contribution is 0.242. The van der Waals surface area contributed by atoms with E-state index in [0.29, 0.717) is 5.69 Å². The topological polar surface area (TPSA) is 79.4 Å². The van der Waals surface area contributed by atoms with Gasteiger partial charge in [0.1, 0.15) is 16.5 Å². The monoisotopic (exact) mass is 306 g/mol. The number of hydrogen-bond donors (Lipinski definition) is 2. The minimum atomic E-state index is -0.468. The van der Waals surface area contributed by atoms with E-state index in [9.17, 15) is 4.79 Å². The van der Waals surface area contributed by atoms with Crippen LogP contribution in [0.1, 0.15) is 19.4 Å². The molecule has 0 spiro atoms. The summed E-state index contributed by atoms with van der Waals surface area (Å²) in [4.78, 5) is 11.3. The van der Waals surface area contributed by atoms with Crippen molar-refractivity contribution in [2.24, 2.45) is 5.10 Å². The van der Waals surface area contributed by atoms with Crippen LogP contribution in [0.25, 0.3) is 0 Å². The summed E-state index contributed by atoms with van der Waals surface area (Å²) in [6, 6.07) is 7.50. The SMILES string of the molecule is CC(C)Oc1cccc(/C=N\Nc2cn[nH]c(=O)c2Cl)c1. The van der Waals surface area contributed by atoms with Gasteiger partial charge in [-0.3, -0.25) is 10.2 Å². The number of halogens is 1. The van der Waals surface area contributed by atoms with Gasteiger partial charge in [0, 0.05) is 0 Å². The van der Waals surface area contributed by atoms with Gasteiger partial charge in [0.2, 0.25) is 0 Å². The molecule has 0 amide bonds. The van der Waals surface area contributed by atoms with E-state index in [1.807, 2.05) is 38.1 Å². The molecule has 0 radical (unpaired) electrons. The molecular formula is C14H15ClN4O2. The van der Waals surface area contributed by atoms with Crippen molar-refractivity contribution in [1.82, 2.24) is 10.2 Å². The van der Waals surface area contributed by atoms with Crippen LogP contribution in [0.15, 0.2) is 40.4 Å². The first-order valence-corrected chi connectivity index (χ1v) is 6.73. The van der Waals surface area contributed by atoms with Crippen molar-refractivity contribution in [3.63, 3.8) is 0 Å². The Bertz CT molecular complexity index is 697. The normalized spacial score (nSPS) is 11.0. The summed E-state index contributed by atoms with van der Waals surface area (Å²) in [5.74, 6) is 0.768. The number of nitrogens with zero attached hydrogens (tertiary/aromatic N) is 2. The molecule has 2 N–H and O–H groups in total. The molecule has 0 unspecified atom stereocenters. The van der Waals surface area contributed by atoms with Crippen LogP contribution in [-0.2, 0) is 0 Å². The number of nitrogens with one attached hydrogen (secondary N) is 2. The van der Waals surface area contributed by atoms with Gasteiger partial charge >= 0.3 is 0 Å². The molecule has 0 atom stereocenters. The first-order chi connectivity index (χ1) is 10.1. The van der Waals surface area contributed by atoms with Crippen LogP contribution in [0.2, 0.25) is 5.02 Å². The van der Waals surface area contributed by atoms with Crippen LogP contribution in [0.4, 0.5) is 5.69 Å². The third-order valence-electron chi connectivity index (χ3n) is 2.42. The highest BCUT2D eigenvalue weighted by Gasteiger charge is 2.03. The number of benzene rings is 1.